The van der Waals surface area contributed by atoms with Crippen molar-refractivity contribution < 1.29 is 14.6 Å². The van der Waals surface area contributed by atoms with Crippen LogP contribution in [0.2, 0.25) is 25.7 Å². The van der Waals surface area contributed by atoms with Crippen LogP contribution in [0, 0.1) is 6.92 Å². The van der Waals surface area contributed by atoms with E-state index in [2.05, 4.69) is 24.7 Å². The first kappa shape index (κ1) is 21.7. The normalized spacial score (nSPS) is 12.4. The highest BCUT2D eigenvalue weighted by Crippen LogP contribution is 2.38. The zero-order valence-corrected chi connectivity index (χ0v) is 19.2. The maximum absolute atomic E-state index is 11.8. The fourth-order valence-corrected chi connectivity index (χ4v) is 4.29. The number of anilines is 1. The molecule has 0 fully saturated rings. The average molecular weight is 410 g/mol. The van der Waals surface area contributed by atoms with Gasteiger partial charge in [0, 0.05) is 25.9 Å². The number of hydrogen-bond donors (Lipinski definition) is 1. The maximum Gasteiger partial charge on any atom is 0.412 e. The molecule has 0 radical (unpaired) electrons. The monoisotopic (exact) mass is 409 g/mol. The second-order valence-electron chi connectivity index (χ2n) is 8.94. The number of ether oxygens (including phenoxy) is 1. The van der Waals surface area contributed by atoms with Crippen LogP contribution in [0.5, 0.6) is 0 Å². The minimum absolute atomic E-state index is 0.416. The van der Waals surface area contributed by atoms with Crippen LogP contribution in [0.1, 0.15) is 26.5 Å². The highest BCUT2D eigenvalue weighted by Gasteiger charge is 2.31. The van der Waals surface area contributed by atoms with E-state index >= 15 is 0 Å². The molecule has 0 aromatic carbocycles. The lowest BCUT2D eigenvalue weighted by Crippen LogP contribution is -2.45. The van der Waals surface area contributed by atoms with Crippen LogP contribution in [0.3, 0.4) is 0 Å². The molecule has 0 bridgehead atoms. The molecule has 0 saturated heterocycles. The van der Waals surface area contributed by atoms with Crippen molar-refractivity contribution >= 4 is 31.2 Å². The molecular weight excluding hydrogens is 378 g/mol. The molecule has 2 heterocycles. The first-order chi connectivity index (χ1) is 12.4. The Hall–Kier alpha value is -1.64. The lowest BCUT2D eigenvalue weighted by Gasteiger charge is -2.33. The van der Waals surface area contributed by atoms with Gasteiger partial charge < -0.3 is 9.84 Å². The van der Waals surface area contributed by atoms with E-state index in [0.717, 1.165) is 28.9 Å². The molecule has 0 aliphatic carbocycles. The number of aromatic nitrogens is 2. The van der Waals surface area contributed by atoms with Gasteiger partial charge in [0.1, 0.15) is 12.4 Å². The summed E-state index contributed by atoms with van der Waals surface area (Å²) in [4.78, 5) is 14.1. The molecule has 0 saturated carbocycles. The first-order valence-electron chi connectivity index (χ1n) is 9.13. The molecule has 8 heteroatoms. The van der Waals surface area contributed by atoms with E-state index in [9.17, 15) is 9.90 Å². The van der Waals surface area contributed by atoms with Crippen LogP contribution in [0.4, 0.5) is 10.5 Å². The maximum atomic E-state index is 11.8. The van der Waals surface area contributed by atoms with Crippen LogP contribution in [0.15, 0.2) is 17.5 Å². The highest BCUT2D eigenvalue weighted by atomic mass is 32.1. The van der Waals surface area contributed by atoms with E-state index < -0.39 is 19.7 Å². The summed E-state index contributed by atoms with van der Waals surface area (Å²) in [6.07, 6.45) is -0.965. The number of hydrogen-bond acceptors (Lipinski definition) is 4. The standard InChI is InChI=1S/C19H31N3O3SSi/c1-14-12-15(20-21(14)13-25-9-11-27(5,6)7)17-16(8-10-26-17)22(18(23)24)19(2,3)4/h8,10,12H,9,11,13H2,1-7H3,(H,23,24). The fraction of sp³-hybridized carbons (Fsp3) is 0.579. The van der Waals surface area contributed by atoms with Crippen LogP contribution < -0.4 is 4.90 Å². The van der Waals surface area contributed by atoms with E-state index in [1.165, 1.54) is 16.2 Å². The van der Waals surface area contributed by atoms with E-state index in [4.69, 9.17) is 4.74 Å². The van der Waals surface area contributed by atoms with Gasteiger partial charge in [0.15, 0.2) is 0 Å². The molecule has 2 aromatic rings. The lowest BCUT2D eigenvalue weighted by atomic mass is 10.1. The fourth-order valence-electron chi connectivity index (χ4n) is 2.70. The number of rotatable bonds is 7. The third kappa shape index (κ3) is 5.67. The summed E-state index contributed by atoms with van der Waals surface area (Å²) >= 11 is 1.50. The van der Waals surface area contributed by atoms with E-state index in [1.807, 2.05) is 49.9 Å². The number of carbonyl (C=O) groups is 1. The molecule has 0 aliphatic rings. The predicted octanol–water partition coefficient (Wildman–Crippen LogP) is 5.52. The van der Waals surface area contributed by atoms with Gasteiger partial charge in [-0.15, -0.1) is 11.3 Å². The summed E-state index contributed by atoms with van der Waals surface area (Å²) in [6, 6.07) is 4.95. The van der Waals surface area contributed by atoms with Gasteiger partial charge >= 0.3 is 6.09 Å². The lowest BCUT2D eigenvalue weighted by molar-refractivity contribution is 0.0773. The Morgan fingerprint density at radius 2 is 2.04 bits per heavy atom. The number of aryl methyl sites for hydroxylation is 1. The summed E-state index contributed by atoms with van der Waals surface area (Å²) in [5, 5.41) is 16.3. The third-order valence-corrected chi connectivity index (χ3v) is 6.80. The van der Waals surface area contributed by atoms with Crippen molar-refractivity contribution in [1.29, 1.82) is 0 Å². The van der Waals surface area contributed by atoms with Gasteiger partial charge in [-0.3, -0.25) is 4.90 Å². The largest absolute Gasteiger partial charge is 0.465 e. The Labute approximate surface area is 166 Å². The Morgan fingerprint density at radius 3 is 2.59 bits per heavy atom. The molecule has 0 spiro atoms. The summed E-state index contributed by atoms with van der Waals surface area (Å²) in [5.74, 6) is 0. The Bertz CT molecular complexity index is 787. The van der Waals surface area contributed by atoms with Crippen LogP contribution in [-0.4, -0.2) is 41.2 Å². The second-order valence-corrected chi connectivity index (χ2v) is 15.5. The van der Waals surface area contributed by atoms with Gasteiger partial charge in [0.05, 0.1) is 10.6 Å². The van der Waals surface area contributed by atoms with E-state index in [1.54, 1.807) is 0 Å². The van der Waals surface area contributed by atoms with E-state index in [-0.39, 0.29) is 0 Å². The number of thiophene rings is 1. The Morgan fingerprint density at radius 1 is 1.37 bits per heavy atom. The topological polar surface area (TPSA) is 67.6 Å². The number of carboxylic acid groups (broad SMARTS) is 1. The number of amides is 1. The van der Waals surface area contributed by atoms with Gasteiger partial charge in [-0.25, -0.2) is 9.48 Å². The summed E-state index contributed by atoms with van der Waals surface area (Å²) < 4.78 is 7.65. The smallest absolute Gasteiger partial charge is 0.412 e. The molecule has 6 nitrogen and oxygen atoms in total. The highest BCUT2D eigenvalue weighted by molar-refractivity contribution is 7.14. The Kier molecular flexibility index (Phi) is 6.54. The first-order valence-corrected chi connectivity index (χ1v) is 13.7. The molecule has 0 atom stereocenters. The Balaban J connectivity index is 2.21. The molecule has 2 aromatic heterocycles. The van der Waals surface area contributed by atoms with Gasteiger partial charge in [0.2, 0.25) is 0 Å². The molecule has 1 N–H and O–H groups in total. The average Bonchev–Trinajstić information content (AvgIpc) is 3.08. The minimum atomic E-state index is -1.11. The molecular formula is C19H31N3O3SSi. The van der Waals surface area contributed by atoms with Crippen molar-refractivity contribution in [1.82, 2.24) is 9.78 Å². The van der Waals surface area contributed by atoms with Gasteiger partial charge in [0.25, 0.3) is 0 Å². The SMILES string of the molecule is Cc1cc(-c2sccc2N(C(=O)O)C(C)(C)C)nn1COCC[Si](C)(C)C. The zero-order chi connectivity index (χ0) is 20.4. The third-order valence-electron chi connectivity index (χ3n) is 4.17. The van der Waals surface area contributed by atoms with Crippen molar-refractivity contribution in [2.24, 2.45) is 0 Å². The van der Waals surface area contributed by atoms with Crippen LogP contribution in [0.25, 0.3) is 10.6 Å². The summed E-state index contributed by atoms with van der Waals surface area (Å²) in [5.41, 5.74) is 1.90. The van der Waals surface area contributed by atoms with Gasteiger partial charge in [-0.05, 0) is 51.3 Å². The zero-order valence-electron chi connectivity index (χ0n) is 17.4. The van der Waals surface area contributed by atoms with Crippen molar-refractivity contribution in [3.63, 3.8) is 0 Å². The van der Waals surface area contributed by atoms with Gasteiger partial charge in [-0.2, -0.15) is 5.10 Å². The van der Waals surface area contributed by atoms with Crippen molar-refractivity contribution in [3.8, 4) is 10.6 Å². The molecule has 0 aliphatic heterocycles. The van der Waals surface area contributed by atoms with Crippen LogP contribution >= 0.6 is 11.3 Å². The minimum Gasteiger partial charge on any atom is -0.465 e. The van der Waals surface area contributed by atoms with Crippen molar-refractivity contribution in [2.45, 2.75) is 65.6 Å². The summed E-state index contributed by atoms with van der Waals surface area (Å²) in [7, 11) is -1.11. The summed E-state index contributed by atoms with van der Waals surface area (Å²) in [6.45, 7) is 15.8. The molecule has 150 valence electrons. The van der Waals surface area contributed by atoms with E-state index in [0.29, 0.717) is 12.4 Å². The predicted molar refractivity (Wildman–Crippen MR) is 115 cm³/mol. The molecule has 0 unspecified atom stereocenters. The van der Waals surface area contributed by atoms with Crippen molar-refractivity contribution in [2.75, 3.05) is 11.5 Å². The molecule has 2 rings (SSSR count). The second kappa shape index (κ2) is 8.16. The van der Waals surface area contributed by atoms with Gasteiger partial charge in [-0.1, -0.05) is 19.6 Å². The van der Waals surface area contributed by atoms with Crippen molar-refractivity contribution in [3.05, 3.63) is 23.2 Å². The quantitative estimate of drug-likeness (QED) is 0.483. The number of nitrogens with zero attached hydrogens (tertiary/aromatic N) is 3. The van der Waals surface area contributed by atoms with Crippen LogP contribution in [-0.2, 0) is 11.5 Å². The molecule has 27 heavy (non-hydrogen) atoms. The molecule has 1 amide bonds.